The zero-order valence-electron chi connectivity index (χ0n) is 14.3. The van der Waals surface area contributed by atoms with Gasteiger partial charge >= 0.3 is 0 Å². The summed E-state index contributed by atoms with van der Waals surface area (Å²) in [7, 11) is 0. The molecule has 25 heavy (non-hydrogen) atoms. The van der Waals surface area contributed by atoms with Crippen molar-refractivity contribution >= 4 is 21.9 Å². The Bertz CT molecular complexity index is 973. The second-order valence-electron chi connectivity index (χ2n) is 6.21. The van der Waals surface area contributed by atoms with E-state index >= 15 is 0 Å². The average Bonchev–Trinajstić information content (AvgIpc) is 3.08. The van der Waals surface area contributed by atoms with Crippen molar-refractivity contribution in [3.63, 3.8) is 0 Å². The highest BCUT2D eigenvalue weighted by Gasteiger charge is 2.13. The van der Waals surface area contributed by atoms with Crippen molar-refractivity contribution in [2.75, 3.05) is 6.61 Å². The van der Waals surface area contributed by atoms with Gasteiger partial charge in [-0.2, -0.15) is 0 Å². The molecule has 0 bridgehead atoms. The number of ether oxygens (including phenoxy) is 1. The molecule has 2 aromatic carbocycles. The molecule has 0 atom stereocenters. The number of aromatic nitrogens is 3. The van der Waals surface area contributed by atoms with Crippen molar-refractivity contribution < 1.29 is 4.74 Å². The van der Waals surface area contributed by atoms with Gasteiger partial charge in [-0.15, -0.1) is 0 Å². The van der Waals surface area contributed by atoms with Gasteiger partial charge in [-0.3, -0.25) is 0 Å². The lowest BCUT2D eigenvalue weighted by molar-refractivity contribution is 0.307. The Balaban J connectivity index is 1.78. The molecule has 0 fully saturated rings. The number of rotatable bonds is 6. The first kappa shape index (κ1) is 15.6. The van der Waals surface area contributed by atoms with E-state index in [9.17, 15) is 0 Å². The van der Waals surface area contributed by atoms with E-state index < -0.39 is 0 Å². The van der Waals surface area contributed by atoms with E-state index in [1.54, 1.807) is 6.20 Å². The number of imidazole rings is 1. The highest BCUT2D eigenvalue weighted by atomic mass is 16.5. The SMILES string of the molecule is CCCCCOc1cc2ccccc2cc1-c1nc2ncccc2[nH]1. The number of H-pyrrole nitrogens is 1. The van der Waals surface area contributed by atoms with E-state index in [1.165, 1.54) is 23.6 Å². The van der Waals surface area contributed by atoms with Crippen LogP contribution in [-0.2, 0) is 0 Å². The summed E-state index contributed by atoms with van der Waals surface area (Å²) in [4.78, 5) is 12.3. The van der Waals surface area contributed by atoms with Crippen LogP contribution < -0.4 is 4.74 Å². The fraction of sp³-hybridized carbons (Fsp3) is 0.238. The van der Waals surface area contributed by atoms with Crippen molar-refractivity contribution in [2.24, 2.45) is 0 Å². The van der Waals surface area contributed by atoms with Crippen molar-refractivity contribution in [1.82, 2.24) is 15.0 Å². The third-order valence-electron chi connectivity index (χ3n) is 4.37. The maximum absolute atomic E-state index is 6.12. The third kappa shape index (κ3) is 3.20. The van der Waals surface area contributed by atoms with Crippen LogP contribution in [0.5, 0.6) is 5.75 Å². The largest absolute Gasteiger partial charge is 0.493 e. The lowest BCUT2D eigenvalue weighted by Gasteiger charge is -2.12. The number of pyridine rings is 1. The van der Waals surface area contributed by atoms with Crippen LogP contribution in [0, 0.1) is 0 Å². The highest BCUT2D eigenvalue weighted by Crippen LogP contribution is 2.33. The summed E-state index contributed by atoms with van der Waals surface area (Å²) in [5.41, 5.74) is 2.64. The van der Waals surface area contributed by atoms with E-state index in [1.807, 2.05) is 24.3 Å². The van der Waals surface area contributed by atoms with Crippen LogP contribution in [0.2, 0.25) is 0 Å². The van der Waals surface area contributed by atoms with Crippen molar-refractivity contribution in [3.8, 4) is 17.1 Å². The molecule has 4 nitrogen and oxygen atoms in total. The molecule has 0 aliphatic carbocycles. The molecule has 0 aliphatic rings. The fourth-order valence-corrected chi connectivity index (χ4v) is 3.03. The molecule has 0 saturated heterocycles. The standard InChI is InChI=1S/C21H21N3O/c1-2-3-6-12-25-19-14-16-9-5-4-8-15(16)13-17(19)20-23-18-10-7-11-22-21(18)24-20/h4-5,7-11,13-14H,2-3,6,12H2,1H3,(H,22,23,24). The Labute approximate surface area is 146 Å². The number of nitrogens with one attached hydrogen (secondary N) is 1. The first-order valence-corrected chi connectivity index (χ1v) is 8.82. The minimum atomic E-state index is 0.720. The maximum atomic E-state index is 6.12. The van der Waals surface area contributed by atoms with Gasteiger partial charge in [0.2, 0.25) is 0 Å². The maximum Gasteiger partial charge on any atom is 0.178 e. The van der Waals surface area contributed by atoms with E-state index in [-0.39, 0.29) is 0 Å². The first-order valence-electron chi connectivity index (χ1n) is 8.82. The summed E-state index contributed by atoms with van der Waals surface area (Å²) >= 11 is 0. The number of hydrogen-bond acceptors (Lipinski definition) is 3. The number of benzene rings is 2. The Hall–Kier alpha value is -2.88. The second kappa shape index (κ2) is 6.93. The summed E-state index contributed by atoms with van der Waals surface area (Å²) in [6.07, 6.45) is 5.18. The van der Waals surface area contributed by atoms with Crippen LogP contribution in [0.15, 0.2) is 54.7 Å². The average molecular weight is 331 g/mol. The van der Waals surface area contributed by atoms with Gasteiger partial charge in [-0.1, -0.05) is 44.0 Å². The smallest absolute Gasteiger partial charge is 0.178 e. The third-order valence-corrected chi connectivity index (χ3v) is 4.37. The summed E-state index contributed by atoms with van der Waals surface area (Å²) in [6, 6.07) is 16.5. The minimum Gasteiger partial charge on any atom is -0.493 e. The Kier molecular flexibility index (Phi) is 4.34. The van der Waals surface area contributed by atoms with Crippen LogP contribution in [0.3, 0.4) is 0 Å². The number of hydrogen-bond donors (Lipinski definition) is 1. The molecule has 126 valence electrons. The van der Waals surface area contributed by atoms with Gasteiger partial charge in [0.25, 0.3) is 0 Å². The van der Waals surface area contributed by atoms with Gasteiger partial charge in [0.15, 0.2) is 5.65 Å². The molecule has 4 aromatic rings. The van der Waals surface area contributed by atoms with Crippen molar-refractivity contribution in [3.05, 3.63) is 54.7 Å². The van der Waals surface area contributed by atoms with E-state index in [0.29, 0.717) is 0 Å². The molecule has 2 heterocycles. The van der Waals surface area contributed by atoms with Gasteiger partial charge < -0.3 is 9.72 Å². The quantitative estimate of drug-likeness (QED) is 0.485. The molecule has 4 rings (SSSR count). The molecule has 4 heteroatoms. The molecule has 0 saturated carbocycles. The van der Waals surface area contributed by atoms with Gasteiger partial charge in [0.1, 0.15) is 11.6 Å². The van der Waals surface area contributed by atoms with E-state index in [2.05, 4.69) is 46.1 Å². The lowest BCUT2D eigenvalue weighted by Crippen LogP contribution is -1.99. The topological polar surface area (TPSA) is 50.8 Å². The summed E-state index contributed by atoms with van der Waals surface area (Å²) in [5, 5.41) is 2.35. The molecule has 1 N–H and O–H groups in total. The number of nitrogens with zero attached hydrogens (tertiary/aromatic N) is 2. The van der Waals surface area contributed by atoms with Crippen LogP contribution in [-0.4, -0.2) is 21.6 Å². The lowest BCUT2D eigenvalue weighted by atomic mass is 10.1. The number of unbranched alkanes of at least 4 members (excludes halogenated alkanes) is 2. The normalized spacial score (nSPS) is 11.2. The molecule has 2 aromatic heterocycles. The molecular formula is C21H21N3O. The van der Waals surface area contributed by atoms with Crippen LogP contribution in [0.25, 0.3) is 33.3 Å². The molecule has 0 aliphatic heterocycles. The second-order valence-corrected chi connectivity index (χ2v) is 6.21. The van der Waals surface area contributed by atoms with E-state index in [0.717, 1.165) is 41.3 Å². The Morgan fingerprint density at radius 3 is 2.64 bits per heavy atom. The van der Waals surface area contributed by atoms with Crippen molar-refractivity contribution in [2.45, 2.75) is 26.2 Å². The Morgan fingerprint density at radius 1 is 1.00 bits per heavy atom. The molecule has 0 amide bonds. The molecular weight excluding hydrogens is 310 g/mol. The minimum absolute atomic E-state index is 0.720. The fourth-order valence-electron chi connectivity index (χ4n) is 3.03. The highest BCUT2D eigenvalue weighted by molar-refractivity contribution is 5.90. The van der Waals surface area contributed by atoms with Gasteiger partial charge in [-0.05, 0) is 41.5 Å². The van der Waals surface area contributed by atoms with Gasteiger partial charge in [0.05, 0.1) is 17.7 Å². The molecule has 0 unspecified atom stereocenters. The van der Waals surface area contributed by atoms with E-state index in [4.69, 9.17) is 4.74 Å². The molecule has 0 spiro atoms. The monoisotopic (exact) mass is 331 g/mol. The summed E-state index contributed by atoms with van der Waals surface area (Å²) in [6.45, 7) is 2.92. The zero-order valence-corrected chi connectivity index (χ0v) is 14.3. The van der Waals surface area contributed by atoms with Crippen LogP contribution >= 0.6 is 0 Å². The van der Waals surface area contributed by atoms with Gasteiger partial charge in [-0.25, -0.2) is 9.97 Å². The van der Waals surface area contributed by atoms with Crippen LogP contribution in [0.4, 0.5) is 0 Å². The predicted molar refractivity (Wildman–Crippen MR) is 102 cm³/mol. The molecule has 0 radical (unpaired) electrons. The number of aromatic amines is 1. The number of fused-ring (bicyclic) bond motifs is 2. The summed E-state index contributed by atoms with van der Waals surface area (Å²) in [5.74, 6) is 1.67. The van der Waals surface area contributed by atoms with Crippen LogP contribution in [0.1, 0.15) is 26.2 Å². The van der Waals surface area contributed by atoms with Crippen molar-refractivity contribution in [1.29, 1.82) is 0 Å². The zero-order chi connectivity index (χ0) is 17.1. The predicted octanol–water partition coefficient (Wildman–Crippen LogP) is 5.35. The Morgan fingerprint density at radius 2 is 1.84 bits per heavy atom. The van der Waals surface area contributed by atoms with Gasteiger partial charge in [0, 0.05) is 6.20 Å². The first-order chi connectivity index (χ1) is 12.3. The summed E-state index contributed by atoms with van der Waals surface area (Å²) < 4.78 is 6.12.